The lowest BCUT2D eigenvalue weighted by Gasteiger charge is -2.11. The van der Waals surface area contributed by atoms with Crippen molar-refractivity contribution in [3.05, 3.63) is 91.0 Å². The largest absolute Gasteiger partial charge is 0.355 e. The highest BCUT2D eigenvalue weighted by molar-refractivity contribution is 5.74. The molecule has 0 aliphatic carbocycles. The molecule has 3 aromatic carbocycles. The van der Waals surface area contributed by atoms with Gasteiger partial charge in [0.2, 0.25) is 0 Å². The van der Waals surface area contributed by atoms with Crippen LogP contribution in [-0.2, 0) is 0 Å². The lowest BCUT2D eigenvalue weighted by atomic mass is 10.1. The second-order valence-electron chi connectivity index (χ2n) is 4.86. The van der Waals surface area contributed by atoms with E-state index >= 15 is 0 Å². The van der Waals surface area contributed by atoms with Crippen molar-refractivity contribution in [1.29, 1.82) is 0 Å². The van der Waals surface area contributed by atoms with Crippen molar-refractivity contribution in [2.24, 2.45) is 0 Å². The van der Waals surface area contributed by atoms with Crippen molar-refractivity contribution >= 4 is 17.5 Å². The van der Waals surface area contributed by atoms with Crippen LogP contribution in [0.2, 0.25) is 0 Å². The summed E-state index contributed by atoms with van der Waals surface area (Å²) in [7, 11) is 0. The predicted octanol–water partition coefficient (Wildman–Crippen LogP) is 5.74. The standard InChI is InChI=1S/C20H17N/c1-2-16-9-6-7-14-20(16)21-19-13-8-12-18(15-19)17-10-4-3-5-11-17/h2-15,21H,1H2. The third kappa shape index (κ3) is 3.03. The molecule has 0 fully saturated rings. The molecular formula is C20H17N. The summed E-state index contributed by atoms with van der Waals surface area (Å²) in [6, 6.07) is 27.0. The number of para-hydroxylation sites is 1. The van der Waals surface area contributed by atoms with Crippen LogP contribution < -0.4 is 5.32 Å². The predicted molar refractivity (Wildman–Crippen MR) is 91.7 cm³/mol. The number of anilines is 2. The van der Waals surface area contributed by atoms with Crippen LogP contribution in [0.1, 0.15) is 5.56 Å². The average molecular weight is 271 g/mol. The lowest BCUT2D eigenvalue weighted by molar-refractivity contribution is 1.52. The Kier molecular flexibility index (Phi) is 3.83. The van der Waals surface area contributed by atoms with E-state index in [1.54, 1.807) is 0 Å². The number of rotatable bonds is 4. The summed E-state index contributed by atoms with van der Waals surface area (Å²) in [5.41, 5.74) is 5.67. The van der Waals surface area contributed by atoms with Crippen LogP contribution in [0, 0.1) is 0 Å². The highest BCUT2D eigenvalue weighted by Crippen LogP contribution is 2.26. The second kappa shape index (κ2) is 6.10. The molecule has 0 unspecified atom stereocenters. The Morgan fingerprint density at radius 1 is 0.714 bits per heavy atom. The smallest absolute Gasteiger partial charge is 0.0457 e. The summed E-state index contributed by atoms with van der Waals surface area (Å²) in [5, 5.41) is 3.46. The molecule has 1 nitrogen and oxygen atoms in total. The van der Waals surface area contributed by atoms with Gasteiger partial charge in [-0.25, -0.2) is 0 Å². The van der Waals surface area contributed by atoms with Crippen LogP contribution >= 0.6 is 0 Å². The number of hydrogen-bond donors (Lipinski definition) is 1. The molecule has 0 radical (unpaired) electrons. The fraction of sp³-hybridized carbons (Fsp3) is 0. The number of nitrogens with one attached hydrogen (secondary N) is 1. The van der Waals surface area contributed by atoms with E-state index in [1.807, 2.05) is 24.3 Å². The van der Waals surface area contributed by atoms with Crippen molar-refractivity contribution in [1.82, 2.24) is 0 Å². The minimum absolute atomic E-state index is 1.07. The van der Waals surface area contributed by atoms with Crippen LogP contribution in [0.4, 0.5) is 11.4 Å². The first-order valence-corrected chi connectivity index (χ1v) is 7.01. The normalized spacial score (nSPS) is 10.1. The van der Waals surface area contributed by atoms with Crippen LogP contribution in [0.25, 0.3) is 17.2 Å². The first-order valence-electron chi connectivity index (χ1n) is 7.01. The second-order valence-corrected chi connectivity index (χ2v) is 4.86. The molecular weight excluding hydrogens is 254 g/mol. The van der Waals surface area contributed by atoms with Crippen LogP contribution in [0.3, 0.4) is 0 Å². The van der Waals surface area contributed by atoms with Crippen LogP contribution in [0.15, 0.2) is 85.4 Å². The summed E-state index contributed by atoms with van der Waals surface area (Å²) in [4.78, 5) is 0. The molecule has 0 saturated carbocycles. The van der Waals surface area contributed by atoms with Crippen molar-refractivity contribution in [3.8, 4) is 11.1 Å². The topological polar surface area (TPSA) is 12.0 Å². The monoisotopic (exact) mass is 271 g/mol. The Balaban J connectivity index is 1.92. The van der Waals surface area contributed by atoms with E-state index < -0.39 is 0 Å². The Morgan fingerprint density at radius 3 is 2.24 bits per heavy atom. The van der Waals surface area contributed by atoms with Crippen LogP contribution in [-0.4, -0.2) is 0 Å². The van der Waals surface area contributed by atoms with E-state index in [1.165, 1.54) is 11.1 Å². The van der Waals surface area contributed by atoms with Gasteiger partial charge in [0.05, 0.1) is 0 Å². The van der Waals surface area contributed by atoms with Gasteiger partial charge in [-0.3, -0.25) is 0 Å². The fourth-order valence-electron chi connectivity index (χ4n) is 2.35. The molecule has 102 valence electrons. The third-order valence-corrected chi connectivity index (χ3v) is 3.43. The van der Waals surface area contributed by atoms with Gasteiger partial charge in [0, 0.05) is 11.4 Å². The van der Waals surface area contributed by atoms with Gasteiger partial charge in [0.25, 0.3) is 0 Å². The zero-order chi connectivity index (χ0) is 14.5. The van der Waals surface area contributed by atoms with Gasteiger partial charge >= 0.3 is 0 Å². The Labute approximate surface area is 125 Å². The van der Waals surface area contributed by atoms with Gasteiger partial charge < -0.3 is 5.32 Å². The Hall–Kier alpha value is -2.80. The van der Waals surface area contributed by atoms with E-state index in [0.717, 1.165) is 16.9 Å². The SMILES string of the molecule is C=Cc1ccccc1Nc1cccc(-c2ccccc2)c1. The third-order valence-electron chi connectivity index (χ3n) is 3.43. The minimum atomic E-state index is 1.07. The molecule has 0 aromatic heterocycles. The molecule has 21 heavy (non-hydrogen) atoms. The van der Waals surface area contributed by atoms with Crippen LogP contribution in [0.5, 0.6) is 0 Å². The quantitative estimate of drug-likeness (QED) is 0.638. The highest BCUT2D eigenvalue weighted by Gasteiger charge is 2.01. The van der Waals surface area contributed by atoms with Gasteiger partial charge in [-0.1, -0.05) is 73.3 Å². The summed E-state index contributed by atoms with van der Waals surface area (Å²) in [6.07, 6.45) is 1.86. The molecule has 0 amide bonds. The molecule has 3 aromatic rings. The number of hydrogen-bond acceptors (Lipinski definition) is 1. The molecule has 0 atom stereocenters. The number of benzene rings is 3. The van der Waals surface area contributed by atoms with E-state index in [9.17, 15) is 0 Å². The lowest BCUT2D eigenvalue weighted by Crippen LogP contribution is -1.93. The molecule has 0 bridgehead atoms. The van der Waals surface area contributed by atoms with Crippen molar-refractivity contribution in [2.75, 3.05) is 5.32 Å². The Morgan fingerprint density at radius 2 is 1.43 bits per heavy atom. The molecule has 0 saturated heterocycles. The zero-order valence-corrected chi connectivity index (χ0v) is 11.8. The van der Waals surface area contributed by atoms with Crippen molar-refractivity contribution in [3.63, 3.8) is 0 Å². The molecule has 3 rings (SSSR count). The van der Waals surface area contributed by atoms with E-state index in [4.69, 9.17) is 0 Å². The van der Waals surface area contributed by atoms with Gasteiger partial charge in [-0.05, 0) is 34.9 Å². The molecule has 0 spiro atoms. The molecule has 1 heteroatoms. The first-order chi connectivity index (χ1) is 10.4. The summed E-state index contributed by atoms with van der Waals surface area (Å²) in [6.45, 7) is 3.86. The van der Waals surface area contributed by atoms with Crippen molar-refractivity contribution in [2.45, 2.75) is 0 Å². The van der Waals surface area contributed by atoms with Gasteiger partial charge in [0.15, 0.2) is 0 Å². The molecule has 1 N–H and O–H groups in total. The highest BCUT2D eigenvalue weighted by atomic mass is 14.9. The first kappa shape index (κ1) is 13.2. The fourth-order valence-corrected chi connectivity index (χ4v) is 2.35. The zero-order valence-electron chi connectivity index (χ0n) is 11.8. The van der Waals surface area contributed by atoms with E-state index in [2.05, 4.69) is 72.6 Å². The van der Waals surface area contributed by atoms with E-state index in [0.29, 0.717) is 0 Å². The van der Waals surface area contributed by atoms with Gasteiger partial charge in [-0.15, -0.1) is 0 Å². The molecule has 0 heterocycles. The maximum atomic E-state index is 3.86. The molecule has 0 aliphatic rings. The summed E-state index contributed by atoms with van der Waals surface area (Å²) < 4.78 is 0. The van der Waals surface area contributed by atoms with Crippen molar-refractivity contribution < 1.29 is 0 Å². The minimum Gasteiger partial charge on any atom is -0.355 e. The molecule has 0 aliphatic heterocycles. The maximum absolute atomic E-state index is 3.86. The average Bonchev–Trinajstić information content (AvgIpc) is 2.56. The Bertz CT molecular complexity index is 745. The summed E-state index contributed by atoms with van der Waals surface area (Å²) in [5.74, 6) is 0. The van der Waals surface area contributed by atoms with Gasteiger partial charge in [-0.2, -0.15) is 0 Å². The maximum Gasteiger partial charge on any atom is 0.0457 e. The van der Waals surface area contributed by atoms with E-state index in [-0.39, 0.29) is 0 Å². The summed E-state index contributed by atoms with van der Waals surface area (Å²) >= 11 is 0. The van der Waals surface area contributed by atoms with Gasteiger partial charge in [0.1, 0.15) is 0 Å².